The number of hydrogen-bond donors (Lipinski definition) is 0. The van der Waals surface area contributed by atoms with Crippen molar-refractivity contribution in [3.63, 3.8) is 0 Å². The minimum Gasteiger partial charge on any atom is -0.324 e. The maximum atomic E-state index is 13.4. The standard InChI is InChI=1S/C23H26N2O2/c26-22(18-9-3-1-4-10-18)19-15-16-24(17-19)23(27)25(21-13-7-8-14-21)20-11-5-2-6-12-20/h1-6,9-12,19,21H,7-8,13-17H2. The zero-order valence-electron chi connectivity index (χ0n) is 15.6. The third-order valence-corrected chi connectivity index (χ3v) is 5.82. The SMILES string of the molecule is O=C(c1ccccc1)C1CCN(C(=O)N(c2ccccc2)C2CCCC2)C1. The molecule has 2 aromatic carbocycles. The van der Waals surface area contributed by atoms with Crippen molar-refractivity contribution in [1.29, 1.82) is 0 Å². The number of amides is 2. The molecule has 2 amide bonds. The maximum absolute atomic E-state index is 13.4. The van der Waals surface area contributed by atoms with Gasteiger partial charge in [0.05, 0.1) is 0 Å². The summed E-state index contributed by atoms with van der Waals surface area (Å²) < 4.78 is 0. The van der Waals surface area contributed by atoms with E-state index in [0.717, 1.165) is 30.5 Å². The van der Waals surface area contributed by atoms with Gasteiger partial charge in [-0.25, -0.2) is 4.79 Å². The number of Topliss-reactive ketones (excluding diaryl/α,β-unsaturated/α-hetero) is 1. The lowest BCUT2D eigenvalue weighted by Crippen LogP contribution is -2.47. The van der Waals surface area contributed by atoms with Gasteiger partial charge >= 0.3 is 6.03 Å². The van der Waals surface area contributed by atoms with Crippen molar-refractivity contribution in [2.24, 2.45) is 5.92 Å². The van der Waals surface area contributed by atoms with E-state index in [1.54, 1.807) is 0 Å². The third kappa shape index (κ3) is 3.75. The van der Waals surface area contributed by atoms with Crippen molar-refractivity contribution < 1.29 is 9.59 Å². The first-order valence-corrected chi connectivity index (χ1v) is 9.96. The summed E-state index contributed by atoms with van der Waals surface area (Å²) in [5, 5.41) is 0. The Kier molecular flexibility index (Phi) is 5.23. The van der Waals surface area contributed by atoms with Gasteiger partial charge in [-0.2, -0.15) is 0 Å². The van der Waals surface area contributed by atoms with Crippen LogP contribution in [0, 0.1) is 5.92 Å². The van der Waals surface area contributed by atoms with Crippen molar-refractivity contribution in [2.45, 2.75) is 38.1 Å². The molecule has 140 valence electrons. The average molecular weight is 362 g/mol. The molecule has 0 bridgehead atoms. The molecule has 1 saturated heterocycles. The zero-order valence-corrected chi connectivity index (χ0v) is 15.6. The molecule has 4 rings (SSSR count). The van der Waals surface area contributed by atoms with E-state index in [9.17, 15) is 9.59 Å². The number of hydrogen-bond acceptors (Lipinski definition) is 2. The molecule has 1 saturated carbocycles. The topological polar surface area (TPSA) is 40.6 Å². The van der Waals surface area contributed by atoms with Gasteiger partial charge in [0.15, 0.2) is 5.78 Å². The van der Waals surface area contributed by atoms with E-state index in [2.05, 4.69) is 0 Å². The van der Waals surface area contributed by atoms with Crippen molar-refractivity contribution in [2.75, 3.05) is 18.0 Å². The van der Waals surface area contributed by atoms with Crippen LogP contribution in [-0.4, -0.2) is 35.8 Å². The molecule has 1 heterocycles. The molecule has 2 aromatic rings. The van der Waals surface area contributed by atoms with Crippen molar-refractivity contribution in [3.05, 3.63) is 66.2 Å². The Morgan fingerprint density at radius 2 is 1.48 bits per heavy atom. The fourth-order valence-electron chi connectivity index (χ4n) is 4.37. The Balaban J connectivity index is 1.50. The molecule has 4 nitrogen and oxygen atoms in total. The van der Waals surface area contributed by atoms with Gasteiger partial charge in [0, 0.05) is 36.3 Å². The Morgan fingerprint density at radius 1 is 0.852 bits per heavy atom. The average Bonchev–Trinajstić information content (AvgIpc) is 3.41. The highest BCUT2D eigenvalue weighted by atomic mass is 16.2. The van der Waals surface area contributed by atoms with E-state index in [0.29, 0.717) is 13.1 Å². The summed E-state index contributed by atoms with van der Waals surface area (Å²) in [6.45, 7) is 1.17. The second-order valence-electron chi connectivity index (χ2n) is 7.59. The van der Waals surface area contributed by atoms with Crippen LogP contribution < -0.4 is 4.90 Å². The van der Waals surface area contributed by atoms with Crippen LogP contribution in [0.4, 0.5) is 10.5 Å². The molecule has 2 aliphatic rings. The van der Waals surface area contributed by atoms with E-state index >= 15 is 0 Å². The van der Waals surface area contributed by atoms with Crippen LogP contribution in [0.2, 0.25) is 0 Å². The number of rotatable bonds is 4. The molecular weight excluding hydrogens is 336 g/mol. The van der Waals surface area contributed by atoms with E-state index in [4.69, 9.17) is 0 Å². The summed E-state index contributed by atoms with van der Waals surface area (Å²) in [6.07, 6.45) is 5.21. The molecule has 1 aliphatic heterocycles. The van der Waals surface area contributed by atoms with Gasteiger partial charge < -0.3 is 4.90 Å². The summed E-state index contributed by atoms with van der Waals surface area (Å²) >= 11 is 0. The highest BCUT2D eigenvalue weighted by Gasteiger charge is 2.36. The lowest BCUT2D eigenvalue weighted by molar-refractivity contribution is 0.0925. The molecule has 0 spiro atoms. The first-order chi connectivity index (χ1) is 13.2. The molecule has 1 unspecified atom stereocenters. The smallest absolute Gasteiger partial charge is 0.324 e. The monoisotopic (exact) mass is 362 g/mol. The number of carbonyl (C=O) groups excluding carboxylic acids is 2. The zero-order chi connectivity index (χ0) is 18.6. The number of para-hydroxylation sites is 1. The first kappa shape index (κ1) is 17.8. The van der Waals surface area contributed by atoms with Gasteiger partial charge in [0.25, 0.3) is 0 Å². The minimum atomic E-state index is -0.0995. The quantitative estimate of drug-likeness (QED) is 0.736. The normalized spacial score (nSPS) is 20.0. The Bertz CT molecular complexity index is 785. The first-order valence-electron chi connectivity index (χ1n) is 9.96. The van der Waals surface area contributed by atoms with Gasteiger partial charge in [-0.15, -0.1) is 0 Å². The summed E-state index contributed by atoms with van der Waals surface area (Å²) in [7, 11) is 0. The Hall–Kier alpha value is -2.62. The van der Waals surface area contributed by atoms with E-state index in [1.165, 1.54) is 12.8 Å². The van der Waals surface area contributed by atoms with Crippen molar-refractivity contribution in [3.8, 4) is 0 Å². The highest BCUT2D eigenvalue weighted by Crippen LogP contribution is 2.31. The van der Waals surface area contributed by atoms with Gasteiger partial charge in [-0.1, -0.05) is 61.4 Å². The molecule has 0 radical (unpaired) electrons. The fourth-order valence-corrected chi connectivity index (χ4v) is 4.37. The molecule has 27 heavy (non-hydrogen) atoms. The van der Waals surface area contributed by atoms with E-state index in [-0.39, 0.29) is 23.8 Å². The van der Waals surface area contributed by atoms with Crippen molar-refractivity contribution in [1.82, 2.24) is 4.90 Å². The number of urea groups is 1. The second kappa shape index (κ2) is 7.95. The molecule has 4 heteroatoms. The number of carbonyl (C=O) groups is 2. The molecular formula is C23H26N2O2. The lowest BCUT2D eigenvalue weighted by atomic mass is 9.97. The third-order valence-electron chi connectivity index (χ3n) is 5.82. The van der Waals surface area contributed by atoms with Crippen LogP contribution in [-0.2, 0) is 0 Å². The highest BCUT2D eigenvalue weighted by molar-refractivity contribution is 5.99. The summed E-state index contributed by atoms with van der Waals surface area (Å²) in [4.78, 5) is 30.0. The van der Waals surface area contributed by atoms with Gasteiger partial charge in [0.1, 0.15) is 0 Å². The number of anilines is 1. The fraction of sp³-hybridized carbons (Fsp3) is 0.391. The van der Waals surface area contributed by atoms with Crippen LogP contribution in [0.5, 0.6) is 0 Å². The molecule has 1 atom stereocenters. The maximum Gasteiger partial charge on any atom is 0.324 e. The largest absolute Gasteiger partial charge is 0.324 e. The summed E-state index contributed by atoms with van der Waals surface area (Å²) in [6, 6.07) is 19.7. The number of benzene rings is 2. The predicted molar refractivity (Wildman–Crippen MR) is 107 cm³/mol. The van der Waals surface area contributed by atoms with Crippen molar-refractivity contribution >= 4 is 17.5 Å². The van der Waals surface area contributed by atoms with E-state index < -0.39 is 0 Å². The van der Waals surface area contributed by atoms with E-state index in [1.807, 2.05) is 70.5 Å². The van der Waals surface area contributed by atoms with Gasteiger partial charge in [-0.3, -0.25) is 9.69 Å². The second-order valence-corrected chi connectivity index (χ2v) is 7.59. The number of nitrogens with zero attached hydrogens (tertiary/aromatic N) is 2. The lowest BCUT2D eigenvalue weighted by Gasteiger charge is -2.33. The van der Waals surface area contributed by atoms with Crippen LogP contribution >= 0.6 is 0 Å². The van der Waals surface area contributed by atoms with Gasteiger partial charge in [-0.05, 0) is 31.4 Å². The molecule has 0 N–H and O–H groups in total. The predicted octanol–water partition coefficient (Wildman–Crippen LogP) is 4.76. The molecule has 1 aliphatic carbocycles. The van der Waals surface area contributed by atoms with Crippen LogP contribution in [0.25, 0.3) is 0 Å². The Morgan fingerprint density at radius 3 is 2.15 bits per heavy atom. The molecule has 0 aromatic heterocycles. The van der Waals surface area contributed by atoms with Gasteiger partial charge in [0.2, 0.25) is 0 Å². The molecule has 2 fully saturated rings. The van der Waals surface area contributed by atoms with Crippen LogP contribution in [0.3, 0.4) is 0 Å². The van der Waals surface area contributed by atoms with Crippen LogP contribution in [0.1, 0.15) is 42.5 Å². The summed E-state index contributed by atoms with van der Waals surface area (Å²) in [5.41, 5.74) is 1.71. The number of ketones is 1. The number of likely N-dealkylation sites (tertiary alicyclic amines) is 1. The summed E-state index contributed by atoms with van der Waals surface area (Å²) in [5.74, 6) is 0.0515. The van der Waals surface area contributed by atoms with Crippen LogP contribution in [0.15, 0.2) is 60.7 Å². The minimum absolute atomic E-state index is 0.0523. The Labute approximate surface area is 160 Å².